The van der Waals surface area contributed by atoms with Crippen LogP contribution in [-0.4, -0.2) is 4.83 Å². The van der Waals surface area contributed by atoms with Gasteiger partial charge in [-0.3, -0.25) is 0 Å². The average Bonchev–Trinajstić information content (AvgIpc) is 2.37. The number of unbranched alkanes of at least 4 members (excludes halogenated alkanes) is 1. The molecule has 1 saturated carbocycles. The normalized spacial score (nSPS) is 30.6. The Morgan fingerprint density at radius 1 is 1.45 bits per heavy atom. The van der Waals surface area contributed by atoms with Gasteiger partial charge in [0.2, 0.25) is 0 Å². The van der Waals surface area contributed by atoms with E-state index < -0.39 is 0 Å². The summed E-state index contributed by atoms with van der Waals surface area (Å²) in [6.45, 7) is 3.73. The molecule has 1 heteroatoms. The van der Waals surface area contributed by atoms with E-state index in [0.29, 0.717) is 0 Å². The minimum absolute atomic E-state index is 0.816. The monoisotopic (exact) mass is 216 g/mol. The molecular formula is C10H17Br. The van der Waals surface area contributed by atoms with Gasteiger partial charge in [-0.25, -0.2) is 0 Å². The van der Waals surface area contributed by atoms with Crippen molar-refractivity contribution in [2.45, 2.75) is 43.4 Å². The summed E-state index contributed by atoms with van der Waals surface area (Å²) in [5, 5.41) is 0. The van der Waals surface area contributed by atoms with Gasteiger partial charge in [0.15, 0.2) is 0 Å². The van der Waals surface area contributed by atoms with Crippen LogP contribution >= 0.6 is 15.9 Å². The molecule has 0 spiro atoms. The summed E-state index contributed by atoms with van der Waals surface area (Å²) in [5.74, 6) is 0.999. The van der Waals surface area contributed by atoms with Crippen molar-refractivity contribution in [3.63, 3.8) is 0 Å². The molecule has 64 valence electrons. The maximum absolute atomic E-state index is 3.73. The molecule has 2 unspecified atom stereocenters. The summed E-state index contributed by atoms with van der Waals surface area (Å²) in [6.07, 6.45) is 10.2. The highest BCUT2D eigenvalue weighted by Crippen LogP contribution is 2.33. The molecule has 0 bridgehead atoms. The molecule has 1 aliphatic carbocycles. The maximum atomic E-state index is 3.73. The van der Waals surface area contributed by atoms with Gasteiger partial charge in [-0.1, -0.05) is 28.4 Å². The van der Waals surface area contributed by atoms with Gasteiger partial charge in [0, 0.05) is 4.83 Å². The fourth-order valence-corrected chi connectivity index (χ4v) is 2.62. The molecule has 1 aliphatic rings. The zero-order valence-electron chi connectivity index (χ0n) is 7.06. The second kappa shape index (κ2) is 4.97. The third kappa shape index (κ3) is 3.42. The van der Waals surface area contributed by atoms with Crippen LogP contribution in [0.4, 0.5) is 0 Å². The van der Waals surface area contributed by atoms with Crippen LogP contribution in [0, 0.1) is 5.92 Å². The number of hydrogen-bond acceptors (Lipinski definition) is 0. The Morgan fingerprint density at radius 2 is 2.27 bits per heavy atom. The van der Waals surface area contributed by atoms with Gasteiger partial charge in [0.25, 0.3) is 0 Å². The predicted molar refractivity (Wildman–Crippen MR) is 54.1 cm³/mol. The van der Waals surface area contributed by atoms with E-state index in [1.807, 2.05) is 6.08 Å². The maximum Gasteiger partial charge on any atom is 0.0148 e. The number of allylic oxidation sites excluding steroid dienone is 1. The Kier molecular flexibility index (Phi) is 4.21. The van der Waals surface area contributed by atoms with Crippen molar-refractivity contribution in [2.24, 2.45) is 5.92 Å². The summed E-state index contributed by atoms with van der Waals surface area (Å²) < 4.78 is 0. The minimum atomic E-state index is 0.816. The predicted octanol–water partition coefficient (Wildman–Crippen LogP) is 3.91. The van der Waals surface area contributed by atoms with E-state index >= 15 is 0 Å². The molecule has 0 aromatic carbocycles. The lowest BCUT2D eigenvalue weighted by atomic mass is 10.0. The van der Waals surface area contributed by atoms with Gasteiger partial charge in [-0.05, 0) is 38.0 Å². The van der Waals surface area contributed by atoms with E-state index in [0.717, 1.165) is 10.7 Å². The Balaban J connectivity index is 2.03. The molecule has 0 saturated heterocycles. The SMILES string of the molecule is C=CCCCC1CCC(Br)C1. The van der Waals surface area contributed by atoms with Crippen LogP contribution in [0.1, 0.15) is 38.5 Å². The van der Waals surface area contributed by atoms with Crippen LogP contribution in [0.3, 0.4) is 0 Å². The first-order chi connectivity index (χ1) is 5.33. The molecule has 0 amide bonds. The van der Waals surface area contributed by atoms with Crippen LogP contribution in [0.15, 0.2) is 12.7 Å². The lowest BCUT2D eigenvalue weighted by Gasteiger charge is -2.06. The van der Waals surface area contributed by atoms with E-state index in [1.165, 1.54) is 38.5 Å². The van der Waals surface area contributed by atoms with Crippen molar-refractivity contribution in [3.05, 3.63) is 12.7 Å². The molecule has 2 atom stereocenters. The van der Waals surface area contributed by atoms with Crippen LogP contribution in [0.2, 0.25) is 0 Å². The van der Waals surface area contributed by atoms with Gasteiger partial charge < -0.3 is 0 Å². The lowest BCUT2D eigenvalue weighted by Crippen LogP contribution is -1.94. The highest BCUT2D eigenvalue weighted by molar-refractivity contribution is 9.09. The Labute approximate surface area is 78.2 Å². The summed E-state index contributed by atoms with van der Waals surface area (Å²) in [7, 11) is 0. The van der Waals surface area contributed by atoms with Crippen molar-refractivity contribution in [3.8, 4) is 0 Å². The number of halogens is 1. The topological polar surface area (TPSA) is 0 Å². The standard InChI is InChI=1S/C10H17Br/c1-2-3-4-5-9-6-7-10(11)8-9/h2,9-10H,1,3-8H2. The fourth-order valence-electron chi connectivity index (χ4n) is 1.83. The van der Waals surface area contributed by atoms with Gasteiger partial charge in [0.1, 0.15) is 0 Å². The summed E-state index contributed by atoms with van der Waals surface area (Å²) in [4.78, 5) is 0.816. The third-order valence-corrected chi connectivity index (χ3v) is 3.33. The van der Waals surface area contributed by atoms with Crippen molar-refractivity contribution in [1.82, 2.24) is 0 Å². The molecular weight excluding hydrogens is 200 g/mol. The minimum Gasteiger partial charge on any atom is -0.103 e. The molecule has 0 aliphatic heterocycles. The summed E-state index contributed by atoms with van der Waals surface area (Å²) in [5.41, 5.74) is 0. The van der Waals surface area contributed by atoms with Gasteiger partial charge in [-0.15, -0.1) is 6.58 Å². The van der Waals surface area contributed by atoms with E-state index in [9.17, 15) is 0 Å². The van der Waals surface area contributed by atoms with Crippen molar-refractivity contribution in [2.75, 3.05) is 0 Å². The third-order valence-electron chi connectivity index (χ3n) is 2.50. The zero-order valence-corrected chi connectivity index (χ0v) is 8.65. The Hall–Kier alpha value is 0.220. The molecule has 0 radical (unpaired) electrons. The van der Waals surface area contributed by atoms with Crippen LogP contribution in [-0.2, 0) is 0 Å². The van der Waals surface area contributed by atoms with Crippen LogP contribution in [0.5, 0.6) is 0 Å². The smallest absolute Gasteiger partial charge is 0.0148 e. The van der Waals surface area contributed by atoms with Crippen molar-refractivity contribution < 1.29 is 0 Å². The quantitative estimate of drug-likeness (QED) is 0.380. The first kappa shape index (κ1) is 9.31. The zero-order chi connectivity index (χ0) is 8.10. The number of rotatable bonds is 4. The first-order valence-electron chi connectivity index (χ1n) is 4.58. The van der Waals surface area contributed by atoms with E-state index in [4.69, 9.17) is 0 Å². The molecule has 1 rings (SSSR count). The Bertz CT molecular complexity index is 120. The van der Waals surface area contributed by atoms with Crippen molar-refractivity contribution in [1.29, 1.82) is 0 Å². The molecule has 11 heavy (non-hydrogen) atoms. The highest BCUT2D eigenvalue weighted by atomic mass is 79.9. The van der Waals surface area contributed by atoms with E-state index in [-0.39, 0.29) is 0 Å². The summed E-state index contributed by atoms with van der Waals surface area (Å²) >= 11 is 3.67. The van der Waals surface area contributed by atoms with E-state index in [2.05, 4.69) is 22.5 Å². The first-order valence-corrected chi connectivity index (χ1v) is 5.49. The van der Waals surface area contributed by atoms with Gasteiger partial charge in [0.05, 0.1) is 0 Å². The highest BCUT2D eigenvalue weighted by Gasteiger charge is 2.21. The number of alkyl halides is 1. The van der Waals surface area contributed by atoms with Gasteiger partial charge in [-0.2, -0.15) is 0 Å². The average molecular weight is 217 g/mol. The molecule has 1 fully saturated rings. The molecule has 0 heterocycles. The molecule has 0 aromatic rings. The van der Waals surface area contributed by atoms with Crippen LogP contribution < -0.4 is 0 Å². The van der Waals surface area contributed by atoms with Crippen molar-refractivity contribution >= 4 is 15.9 Å². The number of hydrogen-bond donors (Lipinski definition) is 0. The lowest BCUT2D eigenvalue weighted by molar-refractivity contribution is 0.488. The van der Waals surface area contributed by atoms with Gasteiger partial charge >= 0.3 is 0 Å². The fraction of sp³-hybridized carbons (Fsp3) is 0.800. The van der Waals surface area contributed by atoms with E-state index in [1.54, 1.807) is 0 Å². The van der Waals surface area contributed by atoms with Crippen LogP contribution in [0.25, 0.3) is 0 Å². The Morgan fingerprint density at radius 3 is 2.82 bits per heavy atom. The second-order valence-electron chi connectivity index (χ2n) is 3.50. The molecule has 0 N–H and O–H groups in total. The largest absolute Gasteiger partial charge is 0.103 e. The molecule has 0 nitrogen and oxygen atoms in total. The molecule has 0 aromatic heterocycles. The summed E-state index contributed by atoms with van der Waals surface area (Å²) in [6, 6.07) is 0. The second-order valence-corrected chi connectivity index (χ2v) is 4.79.